The van der Waals surface area contributed by atoms with Crippen LogP contribution in [-0.4, -0.2) is 72.0 Å². The third-order valence-electron chi connectivity index (χ3n) is 6.02. The smallest absolute Gasteiger partial charge is 0.227 e. The Hall–Kier alpha value is -0.610. The monoisotopic (exact) mass is 307 g/mol. The first-order valence-corrected chi connectivity index (χ1v) is 9.42. The van der Waals surface area contributed by atoms with E-state index in [-0.39, 0.29) is 5.92 Å². The summed E-state index contributed by atoms with van der Waals surface area (Å²) in [6, 6.07) is 1.37. The Morgan fingerprint density at radius 3 is 2.18 bits per heavy atom. The maximum atomic E-state index is 12.7. The highest BCUT2D eigenvalue weighted by molar-refractivity contribution is 5.79. The predicted molar refractivity (Wildman–Crippen MR) is 89.8 cm³/mol. The van der Waals surface area contributed by atoms with Crippen LogP contribution in [0.1, 0.15) is 52.4 Å². The van der Waals surface area contributed by atoms with Gasteiger partial charge in [0.05, 0.1) is 5.92 Å². The predicted octanol–water partition coefficient (Wildman–Crippen LogP) is 2.19. The van der Waals surface area contributed by atoms with Crippen molar-refractivity contribution in [3.63, 3.8) is 0 Å². The van der Waals surface area contributed by atoms with Crippen molar-refractivity contribution in [3.8, 4) is 0 Å². The summed E-state index contributed by atoms with van der Waals surface area (Å²) in [5.41, 5.74) is 0. The summed E-state index contributed by atoms with van der Waals surface area (Å²) in [5.74, 6) is 0.676. The van der Waals surface area contributed by atoms with E-state index in [0.717, 1.165) is 51.7 Å². The van der Waals surface area contributed by atoms with Crippen LogP contribution in [0, 0.1) is 5.92 Å². The average molecular weight is 307 g/mol. The fourth-order valence-corrected chi connectivity index (χ4v) is 4.47. The first kappa shape index (κ1) is 16.3. The molecule has 3 aliphatic rings. The number of carbonyl (C=O) groups excluding carboxylic acids is 1. The number of hydrogen-bond donors (Lipinski definition) is 0. The molecule has 1 aliphatic carbocycles. The summed E-state index contributed by atoms with van der Waals surface area (Å²) in [6.07, 6.45) is 8.02. The number of piperazine rings is 1. The molecule has 1 atom stereocenters. The standard InChI is InChI=1S/C18H33N3O/c1-15(2)21-9-8-16(14-21)18(22)20-12-10-19(11-13-20)17-6-4-3-5-7-17/h15-17H,3-14H2,1-2H3. The van der Waals surface area contributed by atoms with Crippen LogP contribution in [0.5, 0.6) is 0 Å². The lowest BCUT2D eigenvalue weighted by molar-refractivity contribution is -0.137. The van der Waals surface area contributed by atoms with E-state index in [9.17, 15) is 4.79 Å². The first-order chi connectivity index (χ1) is 10.6. The minimum atomic E-state index is 0.253. The van der Waals surface area contributed by atoms with Crippen LogP contribution < -0.4 is 0 Å². The molecule has 1 unspecified atom stereocenters. The molecule has 0 aromatic heterocycles. The van der Waals surface area contributed by atoms with E-state index in [1.807, 2.05) is 0 Å². The fourth-order valence-electron chi connectivity index (χ4n) is 4.47. The molecule has 4 nitrogen and oxygen atoms in total. The van der Waals surface area contributed by atoms with Gasteiger partial charge in [0.25, 0.3) is 0 Å². The van der Waals surface area contributed by atoms with Crippen molar-refractivity contribution in [3.05, 3.63) is 0 Å². The summed E-state index contributed by atoms with van der Waals surface area (Å²) < 4.78 is 0. The van der Waals surface area contributed by atoms with Gasteiger partial charge < -0.3 is 9.80 Å². The van der Waals surface area contributed by atoms with Gasteiger partial charge >= 0.3 is 0 Å². The van der Waals surface area contributed by atoms with Crippen molar-refractivity contribution >= 4 is 5.91 Å². The molecule has 1 saturated carbocycles. The second kappa shape index (κ2) is 7.31. The SMILES string of the molecule is CC(C)N1CCC(C(=O)N2CCN(C3CCCCC3)CC2)C1. The average Bonchev–Trinajstić information content (AvgIpc) is 3.05. The molecule has 2 saturated heterocycles. The van der Waals surface area contributed by atoms with Crippen molar-refractivity contribution in [1.82, 2.24) is 14.7 Å². The van der Waals surface area contributed by atoms with Gasteiger partial charge in [0.1, 0.15) is 0 Å². The van der Waals surface area contributed by atoms with Crippen LogP contribution in [0.4, 0.5) is 0 Å². The van der Waals surface area contributed by atoms with Gasteiger partial charge in [0, 0.05) is 44.8 Å². The largest absolute Gasteiger partial charge is 0.340 e. The Morgan fingerprint density at radius 2 is 1.59 bits per heavy atom. The van der Waals surface area contributed by atoms with Gasteiger partial charge in [-0.05, 0) is 39.7 Å². The molecular weight excluding hydrogens is 274 g/mol. The molecule has 126 valence electrons. The second-order valence-corrected chi connectivity index (χ2v) is 7.73. The Balaban J connectivity index is 1.46. The van der Waals surface area contributed by atoms with Gasteiger partial charge in [0.2, 0.25) is 5.91 Å². The van der Waals surface area contributed by atoms with E-state index in [4.69, 9.17) is 0 Å². The zero-order chi connectivity index (χ0) is 15.5. The topological polar surface area (TPSA) is 26.8 Å². The maximum Gasteiger partial charge on any atom is 0.227 e. The lowest BCUT2D eigenvalue weighted by atomic mass is 9.93. The molecule has 3 rings (SSSR count). The molecule has 22 heavy (non-hydrogen) atoms. The van der Waals surface area contributed by atoms with Gasteiger partial charge in [-0.2, -0.15) is 0 Å². The van der Waals surface area contributed by atoms with E-state index in [0.29, 0.717) is 11.9 Å². The van der Waals surface area contributed by atoms with Crippen molar-refractivity contribution in [2.24, 2.45) is 5.92 Å². The third-order valence-corrected chi connectivity index (χ3v) is 6.02. The summed E-state index contributed by atoms with van der Waals surface area (Å²) >= 11 is 0. The molecule has 0 N–H and O–H groups in total. The van der Waals surface area contributed by atoms with E-state index < -0.39 is 0 Å². The van der Waals surface area contributed by atoms with Crippen LogP contribution in [0.2, 0.25) is 0 Å². The molecule has 0 bridgehead atoms. The number of rotatable bonds is 3. The molecule has 2 heterocycles. The van der Waals surface area contributed by atoms with Gasteiger partial charge in [-0.25, -0.2) is 0 Å². The fraction of sp³-hybridized carbons (Fsp3) is 0.944. The highest BCUT2D eigenvalue weighted by Gasteiger charge is 2.34. The van der Waals surface area contributed by atoms with Crippen molar-refractivity contribution in [2.75, 3.05) is 39.3 Å². The number of amides is 1. The highest BCUT2D eigenvalue weighted by atomic mass is 16.2. The molecule has 1 amide bonds. The van der Waals surface area contributed by atoms with Crippen LogP contribution in [0.15, 0.2) is 0 Å². The van der Waals surface area contributed by atoms with Gasteiger partial charge in [0.15, 0.2) is 0 Å². The molecule has 3 fully saturated rings. The van der Waals surface area contributed by atoms with Gasteiger partial charge in [-0.3, -0.25) is 9.69 Å². The number of nitrogens with zero attached hydrogens (tertiary/aromatic N) is 3. The Labute approximate surface area is 135 Å². The van der Waals surface area contributed by atoms with Crippen LogP contribution in [-0.2, 0) is 4.79 Å². The van der Waals surface area contributed by atoms with E-state index in [2.05, 4.69) is 28.5 Å². The summed E-state index contributed by atoms with van der Waals surface area (Å²) in [5, 5.41) is 0. The van der Waals surface area contributed by atoms with Gasteiger partial charge in [-0.15, -0.1) is 0 Å². The zero-order valence-corrected chi connectivity index (χ0v) is 14.5. The Bertz CT molecular complexity index is 371. The van der Waals surface area contributed by atoms with E-state index >= 15 is 0 Å². The Kier molecular flexibility index (Phi) is 5.40. The number of carbonyl (C=O) groups is 1. The second-order valence-electron chi connectivity index (χ2n) is 7.73. The first-order valence-electron chi connectivity index (χ1n) is 9.42. The lowest BCUT2D eigenvalue weighted by Crippen LogP contribution is -2.53. The molecule has 0 aromatic carbocycles. The minimum absolute atomic E-state index is 0.253. The molecule has 4 heteroatoms. The van der Waals surface area contributed by atoms with E-state index in [1.54, 1.807) is 0 Å². The highest BCUT2D eigenvalue weighted by Crippen LogP contribution is 2.25. The van der Waals surface area contributed by atoms with Crippen molar-refractivity contribution in [1.29, 1.82) is 0 Å². The maximum absolute atomic E-state index is 12.7. The number of likely N-dealkylation sites (tertiary alicyclic amines) is 1. The normalized spacial score (nSPS) is 29.4. The molecule has 0 spiro atoms. The minimum Gasteiger partial charge on any atom is -0.340 e. The van der Waals surface area contributed by atoms with Crippen molar-refractivity contribution in [2.45, 2.75) is 64.5 Å². The zero-order valence-electron chi connectivity index (χ0n) is 14.5. The quantitative estimate of drug-likeness (QED) is 0.800. The van der Waals surface area contributed by atoms with E-state index in [1.165, 1.54) is 32.1 Å². The van der Waals surface area contributed by atoms with Crippen LogP contribution in [0.25, 0.3) is 0 Å². The summed E-state index contributed by atoms with van der Waals surface area (Å²) in [7, 11) is 0. The van der Waals surface area contributed by atoms with Gasteiger partial charge in [-0.1, -0.05) is 19.3 Å². The lowest BCUT2D eigenvalue weighted by Gasteiger charge is -2.41. The van der Waals surface area contributed by atoms with Crippen LogP contribution in [0.3, 0.4) is 0 Å². The van der Waals surface area contributed by atoms with Crippen LogP contribution >= 0.6 is 0 Å². The molecule has 2 aliphatic heterocycles. The molecular formula is C18H33N3O. The third kappa shape index (κ3) is 3.65. The Morgan fingerprint density at radius 1 is 0.909 bits per heavy atom. The van der Waals surface area contributed by atoms with Crippen molar-refractivity contribution < 1.29 is 4.79 Å². The summed E-state index contributed by atoms with van der Waals surface area (Å²) in [4.78, 5) is 20.0. The number of hydrogen-bond acceptors (Lipinski definition) is 3. The molecule has 0 aromatic rings. The molecule has 0 radical (unpaired) electrons. The summed E-state index contributed by atoms with van der Waals surface area (Å²) in [6.45, 7) is 10.6.